The van der Waals surface area contributed by atoms with E-state index in [1.165, 1.54) is 12.5 Å². The number of carboxylic acids is 1. The van der Waals surface area contributed by atoms with Crippen LogP contribution in [0.25, 0.3) is 0 Å². The second-order valence-corrected chi connectivity index (χ2v) is 5.47. The lowest BCUT2D eigenvalue weighted by atomic mass is 9.86. The second-order valence-electron chi connectivity index (χ2n) is 5.47. The van der Waals surface area contributed by atoms with Gasteiger partial charge in [-0.3, -0.25) is 0 Å². The number of nitrogens with one attached hydrogen (secondary N) is 2. The molecular weight excluding hydrogens is 275 g/mol. The minimum Gasteiger partial charge on any atom is -0.478 e. The number of hydrogen-bond acceptors (Lipinski definition) is 2. The Balaban J connectivity index is 1.99. The maximum Gasteiger partial charge on any atom is 0.338 e. The second kappa shape index (κ2) is 6.56. The van der Waals surface area contributed by atoms with Gasteiger partial charge < -0.3 is 15.7 Å². The van der Waals surface area contributed by atoms with Gasteiger partial charge in [0, 0.05) is 11.7 Å². The zero-order valence-corrected chi connectivity index (χ0v) is 11.9. The first kappa shape index (κ1) is 15.3. The Hall–Kier alpha value is -2.11. The molecule has 2 rings (SSSR count). The van der Waals surface area contributed by atoms with Crippen molar-refractivity contribution in [2.45, 2.75) is 38.6 Å². The third-order valence-corrected chi connectivity index (χ3v) is 3.88. The van der Waals surface area contributed by atoms with Gasteiger partial charge in [-0.15, -0.1) is 0 Å². The third-order valence-electron chi connectivity index (χ3n) is 3.88. The highest BCUT2D eigenvalue weighted by Crippen LogP contribution is 2.23. The summed E-state index contributed by atoms with van der Waals surface area (Å²) < 4.78 is 13.3. The van der Waals surface area contributed by atoms with Crippen molar-refractivity contribution < 1.29 is 19.1 Å². The lowest BCUT2D eigenvalue weighted by Gasteiger charge is -2.29. The van der Waals surface area contributed by atoms with Crippen molar-refractivity contribution >= 4 is 17.7 Å². The van der Waals surface area contributed by atoms with Gasteiger partial charge in [-0.05, 0) is 37.0 Å². The highest BCUT2D eigenvalue weighted by molar-refractivity contribution is 5.93. The highest BCUT2D eigenvalue weighted by Gasteiger charge is 2.22. The minimum atomic E-state index is -1.36. The third kappa shape index (κ3) is 3.93. The number of aromatic carboxylic acids is 1. The highest BCUT2D eigenvalue weighted by atomic mass is 19.1. The molecule has 1 aliphatic carbocycles. The van der Waals surface area contributed by atoms with Gasteiger partial charge in [0.1, 0.15) is 5.82 Å². The molecule has 6 heteroatoms. The summed E-state index contributed by atoms with van der Waals surface area (Å²) in [5, 5.41) is 14.3. The van der Waals surface area contributed by atoms with Crippen molar-refractivity contribution in [1.29, 1.82) is 0 Å². The molecule has 0 saturated heterocycles. The van der Waals surface area contributed by atoms with E-state index in [0.717, 1.165) is 31.4 Å². The van der Waals surface area contributed by atoms with Crippen LogP contribution in [0.15, 0.2) is 18.2 Å². The van der Waals surface area contributed by atoms with Crippen molar-refractivity contribution in [3.05, 3.63) is 29.6 Å². The molecular formula is C15H19FN2O3. The van der Waals surface area contributed by atoms with Gasteiger partial charge in [0.25, 0.3) is 0 Å². The largest absolute Gasteiger partial charge is 0.478 e. The molecule has 1 aromatic carbocycles. The summed E-state index contributed by atoms with van der Waals surface area (Å²) >= 11 is 0. The standard InChI is InChI=1S/C15H19FN2O3/c1-9-4-2-3-5-13(9)18-15(21)17-10-6-7-12(16)11(8-10)14(19)20/h6-9,13H,2-5H2,1H3,(H,19,20)(H2,17,18,21). The van der Waals surface area contributed by atoms with Crippen molar-refractivity contribution in [3.63, 3.8) is 0 Å². The van der Waals surface area contributed by atoms with Crippen LogP contribution in [0.2, 0.25) is 0 Å². The Bertz CT molecular complexity index is 548. The van der Waals surface area contributed by atoms with E-state index in [-0.39, 0.29) is 11.7 Å². The fraction of sp³-hybridized carbons (Fsp3) is 0.467. The number of carbonyl (C=O) groups is 2. The van der Waals surface area contributed by atoms with E-state index in [9.17, 15) is 14.0 Å². The molecule has 0 radical (unpaired) electrons. The molecule has 0 heterocycles. The van der Waals surface area contributed by atoms with Crippen LogP contribution >= 0.6 is 0 Å². The van der Waals surface area contributed by atoms with Crippen molar-refractivity contribution in [3.8, 4) is 0 Å². The van der Waals surface area contributed by atoms with Crippen LogP contribution < -0.4 is 10.6 Å². The maximum absolute atomic E-state index is 13.3. The molecule has 2 unspecified atom stereocenters. The number of rotatable bonds is 3. The lowest BCUT2D eigenvalue weighted by molar-refractivity contribution is 0.0692. The normalized spacial score (nSPS) is 21.6. The Morgan fingerprint density at radius 3 is 2.67 bits per heavy atom. The van der Waals surface area contributed by atoms with Crippen LogP contribution in [-0.4, -0.2) is 23.1 Å². The number of urea groups is 1. The van der Waals surface area contributed by atoms with E-state index < -0.39 is 23.4 Å². The molecule has 114 valence electrons. The number of halogens is 1. The maximum atomic E-state index is 13.3. The summed E-state index contributed by atoms with van der Waals surface area (Å²) in [5.74, 6) is -1.76. The van der Waals surface area contributed by atoms with Gasteiger partial charge in [0.2, 0.25) is 0 Å². The Morgan fingerprint density at radius 2 is 2.00 bits per heavy atom. The molecule has 0 aromatic heterocycles. The molecule has 5 nitrogen and oxygen atoms in total. The van der Waals surface area contributed by atoms with Gasteiger partial charge in [0.15, 0.2) is 0 Å². The first-order valence-corrected chi connectivity index (χ1v) is 7.07. The topological polar surface area (TPSA) is 78.4 Å². The first-order chi connectivity index (χ1) is 9.97. The fourth-order valence-electron chi connectivity index (χ4n) is 2.63. The van der Waals surface area contributed by atoms with Gasteiger partial charge in [-0.1, -0.05) is 19.8 Å². The number of amides is 2. The van der Waals surface area contributed by atoms with E-state index in [1.807, 2.05) is 0 Å². The monoisotopic (exact) mass is 294 g/mol. The zero-order valence-electron chi connectivity index (χ0n) is 11.9. The Morgan fingerprint density at radius 1 is 1.29 bits per heavy atom. The van der Waals surface area contributed by atoms with Crippen LogP contribution in [0.4, 0.5) is 14.9 Å². The molecule has 0 aliphatic heterocycles. The van der Waals surface area contributed by atoms with E-state index >= 15 is 0 Å². The Kier molecular flexibility index (Phi) is 4.77. The predicted octanol–water partition coefficient (Wildman–Crippen LogP) is 3.22. The number of hydrogen-bond donors (Lipinski definition) is 3. The number of carboxylic acid groups (broad SMARTS) is 1. The van der Waals surface area contributed by atoms with E-state index in [4.69, 9.17) is 5.11 Å². The van der Waals surface area contributed by atoms with Crippen LogP contribution in [-0.2, 0) is 0 Å². The lowest BCUT2D eigenvalue weighted by Crippen LogP contribution is -2.43. The minimum absolute atomic E-state index is 0.123. The molecule has 1 aliphatic rings. The number of anilines is 1. The molecule has 2 amide bonds. The molecule has 3 N–H and O–H groups in total. The average Bonchev–Trinajstić information content (AvgIpc) is 2.43. The number of carbonyl (C=O) groups excluding carboxylic acids is 1. The van der Waals surface area contributed by atoms with Crippen molar-refractivity contribution in [2.24, 2.45) is 5.92 Å². The summed E-state index contributed by atoms with van der Waals surface area (Å²) in [5.41, 5.74) is -0.200. The molecule has 1 aromatic rings. The fourth-order valence-corrected chi connectivity index (χ4v) is 2.63. The smallest absolute Gasteiger partial charge is 0.338 e. The van der Waals surface area contributed by atoms with Crippen LogP contribution in [0.3, 0.4) is 0 Å². The SMILES string of the molecule is CC1CCCCC1NC(=O)Nc1ccc(F)c(C(=O)O)c1. The number of benzene rings is 1. The van der Waals surface area contributed by atoms with Crippen LogP contribution in [0, 0.1) is 11.7 Å². The van der Waals surface area contributed by atoms with Crippen LogP contribution in [0.1, 0.15) is 43.0 Å². The van der Waals surface area contributed by atoms with Crippen molar-refractivity contribution in [2.75, 3.05) is 5.32 Å². The van der Waals surface area contributed by atoms with Crippen LogP contribution in [0.5, 0.6) is 0 Å². The molecule has 21 heavy (non-hydrogen) atoms. The van der Waals surface area contributed by atoms with Crippen molar-refractivity contribution in [1.82, 2.24) is 5.32 Å². The van der Waals surface area contributed by atoms with E-state index in [0.29, 0.717) is 5.92 Å². The molecule has 1 saturated carbocycles. The van der Waals surface area contributed by atoms with Gasteiger partial charge in [0.05, 0.1) is 5.56 Å². The quantitative estimate of drug-likeness (QED) is 0.801. The summed E-state index contributed by atoms with van der Waals surface area (Å²) in [6, 6.07) is 3.21. The van der Waals surface area contributed by atoms with Gasteiger partial charge >= 0.3 is 12.0 Å². The Labute approximate surface area is 122 Å². The zero-order chi connectivity index (χ0) is 15.4. The summed E-state index contributed by atoms with van der Waals surface area (Å²) in [4.78, 5) is 22.8. The molecule has 2 atom stereocenters. The van der Waals surface area contributed by atoms with E-state index in [1.54, 1.807) is 0 Å². The average molecular weight is 294 g/mol. The summed E-state index contributed by atoms with van der Waals surface area (Å²) in [6.07, 6.45) is 4.30. The van der Waals surface area contributed by atoms with Gasteiger partial charge in [-0.25, -0.2) is 14.0 Å². The van der Waals surface area contributed by atoms with E-state index in [2.05, 4.69) is 17.6 Å². The summed E-state index contributed by atoms with van der Waals surface area (Å²) in [6.45, 7) is 2.10. The van der Waals surface area contributed by atoms with Gasteiger partial charge in [-0.2, -0.15) is 0 Å². The molecule has 0 bridgehead atoms. The first-order valence-electron chi connectivity index (χ1n) is 7.07. The molecule has 1 fully saturated rings. The predicted molar refractivity (Wildman–Crippen MR) is 76.9 cm³/mol. The summed E-state index contributed by atoms with van der Waals surface area (Å²) in [7, 11) is 0. The molecule has 0 spiro atoms.